The molecule has 0 aliphatic carbocycles. The van der Waals surface area contributed by atoms with Gasteiger partial charge in [0.25, 0.3) is 11.6 Å². The van der Waals surface area contributed by atoms with Crippen molar-refractivity contribution in [1.82, 2.24) is 15.5 Å². The first-order valence-corrected chi connectivity index (χ1v) is 9.93. The molecule has 7 nitrogen and oxygen atoms in total. The molecule has 4 rings (SSSR count). The summed E-state index contributed by atoms with van der Waals surface area (Å²) in [6.45, 7) is 1.56. The Morgan fingerprint density at radius 1 is 1.12 bits per heavy atom. The number of hydrogen-bond donors (Lipinski definition) is 1. The minimum Gasteiger partial charge on any atom is -0.358 e. The van der Waals surface area contributed by atoms with Gasteiger partial charge in [-0.25, -0.2) is 4.98 Å². The highest BCUT2D eigenvalue weighted by Gasteiger charge is 2.26. The standard InChI is InChI=1S/C25H20N4O3/c1-4-17-9-8-12-19(13-17)29(15-22(30)26-3)25(31)20-14-21(18-10-6-5-7-11-18)27-24-23(20)16(2)28-32-24/h1,5-14H,15H2,2-3H3,(H,26,30). The van der Waals surface area contributed by atoms with E-state index in [1.165, 1.54) is 11.9 Å². The second kappa shape index (κ2) is 8.74. The van der Waals surface area contributed by atoms with E-state index < -0.39 is 5.91 Å². The van der Waals surface area contributed by atoms with E-state index in [-0.39, 0.29) is 18.2 Å². The molecule has 0 aliphatic heterocycles. The Hall–Kier alpha value is -4.44. The van der Waals surface area contributed by atoms with E-state index in [1.54, 1.807) is 37.3 Å². The summed E-state index contributed by atoms with van der Waals surface area (Å²) in [7, 11) is 1.52. The van der Waals surface area contributed by atoms with Crippen LogP contribution in [-0.4, -0.2) is 35.5 Å². The summed E-state index contributed by atoms with van der Waals surface area (Å²) in [6, 6.07) is 18.1. The normalized spacial score (nSPS) is 10.5. The van der Waals surface area contributed by atoms with E-state index in [2.05, 4.69) is 21.4 Å². The molecule has 0 fully saturated rings. The zero-order chi connectivity index (χ0) is 22.7. The van der Waals surface area contributed by atoms with Crippen molar-refractivity contribution in [2.24, 2.45) is 0 Å². The maximum absolute atomic E-state index is 13.8. The number of hydrogen-bond acceptors (Lipinski definition) is 5. The number of pyridine rings is 1. The van der Waals surface area contributed by atoms with Crippen molar-refractivity contribution < 1.29 is 14.1 Å². The van der Waals surface area contributed by atoms with Crippen molar-refractivity contribution in [2.45, 2.75) is 6.92 Å². The third kappa shape index (κ3) is 3.94. The van der Waals surface area contributed by atoms with Gasteiger partial charge in [0.05, 0.1) is 22.3 Å². The molecular formula is C25H20N4O3. The van der Waals surface area contributed by atoms with Gasteiger partial charge in [0.2, 0.25) is 5.91 Å². The molecule has 4 aromatic rings. The molecule has 2 amide bonds. The largest absolute Gasteiger partial charge is 0.358 e. The third-order valence-electron chi connectivity index (χ3n) is 5.07. The monoisotopic (exact) mass is 424 g/mol. The molecule has 7 heteroatoms. The molecule has 0 radical (unpaired) electrons. The summed E-state index contributed by atoms with van der Waals surface area (Å²) in [5, 5.41) is 7.07. The highest BCUT2D eigenvalue weighted by Crippen LogP contribution is 2.29. The number of carbonyl (C=O) groups excluding carboxylic acids is 2. The SMILES string of the molecule is C#Cc1cccc(N(CC(=O)NC)C(=O)c2cc(-c3ccccc3)nc3onc(C)c23)c1. The van der Waals surface area contributed by atoms with Crippen molar-refractivity contribution >= 4 is 28.6 Å². The Kier molecular flexibility index (Phi) is 5.69. The van der Waals surface area contributed by atoms with E-state index >= 15 is 0 Å². The minimum absolute atomic E-state index is 0.182. The molecule has 0 spiro atoms. The van der Waals surface area contributed by atoms with Gasteiger partial charge >= 0.3 is 0 Å². The van der Waals surface area contributed by atoms with Gasteiger partial charge in [-0.05, 0) is 31.2 Å². The Labute approximate surface area is 185 Å². The molecule has 0 unspecified atom stereocenters. The van der Waals surface area contributed by atoms with Gasteiger partial charge in [-0.1, -0.05) is 47.5 Å². The molecule has 0 aliphatic rings. The first-order valence-electron chi connectivity index (χ1n) is 9.93. The number of likely N-dealkylation sites (N-methyl/N-ethyl adjacent to an activating group) is 1. The zero-order valence-corrected chi connectivity index (χ0v) is 17.6. The number of terminal acetylenes is 1. The van der Waals surface area contributed by atoms with Crippen LogP contribution in [0, 0.1) is 19.3 Å². The number of amides is 2. The molecular weight excluding hydrogens is 404 g/mol. The van der Waals surface area contributed by atoms with Crippen LogP contribution in [-0.2, 0) is 4.79 Å². The lowest BCUT2D eigenvalue weighted by Gasteiger charge is -2.23. The summed E-state index contributed by atoms with van der Waals surface area (Å²) in [6.07, 6.45) is 5.54. The van der Waals surface area contributed by atoms with E-state index in [1.807, 2.05) is 30.3 Å². The van der Waals surface area contributed by atoms with Gasteiger partial charge in [-0.2, -0.15) is 0 Å². The predicted molar refractivity (Wildman–Crippen MR) is 122 cm³/mol. The average Bonchev–Trinajstić information content (AvgIpc) is 3.22. The van der Waals surface area contributed by atoms with Crippen LogP contribution in [0.15, 0.2) is 65.2 Å². The van der Waals surface area contributed by atoms with Gasteiger partial charge < -0.3 is 9.84 Å². The molecule has 0 atom stereocenters. The topological polar surface area (TPSA) is 88.3 Å². The summed E-state index contributed by atoms with van der Waals surface area (Å²) in [4.78, 5) is 32.0. The molecule has 2 aromatic carbocycles. The predicted octanol–water partition coefficient (Wildman–Crippen LogP) is 3.57. The lowest BCUT2D eigenvalue weighted by atomic mass is 10.0. The van der Waals surface area contributed by atoms with Crippen molar-refractivity contribution in [3.8, 4) is 23.6 Å². The highest BCUT2D eigenvalue weighted by molar-refractivity contribution is 6.15. The fourth-order valence-corrected chi connectivity index (χ4v) is 3.43. The smallest absolute Gasteiger partial charge is 0.259 e. The number of aryl methyl sites for hydroxylation is 1. The number of aromatic nitrogens is 2. The second-order valence-electron chi connectivity index (χ2n) is 7.13. The van der Waals surface area contributed by atoms with Crippen LogP contribution in [0.1, 0.15) is 21.6 Å². The average molecular weight is 424 g/mol. The summed E-state index contributed by atoms with van der Waals surface area (Å²) in [5.74, 6) is 1.85. The van der Waals surface area contributed by atoms with Crippen molar-refractivity contribution in [3.05, 3.63) is 77.5 Å². The minimum atomic E-state index is -0.390. The van der Waals surface area contributed by atoms with E-state index in [0.717, 1.165) is 5.56 Å². The van der Waals surface area contributed by atoms with Crippen molar-refractivity contribution in [2.75, 3.05) is 18.5 Å². The Morgan fingerprint density at radius 2 is 1.91 bits per heavy atom. The number of carbonyl (C=O) groups is 2. The van der Waals surface area contributed by atoms with E-state index in [0.29, 0.717) is 33.6 Å². The Bertz CT molecular complexity index is 1350. The molecule has 158 valence electrons. The number of benzene rings is 2. The second-order valence-corrected chi connectivity index (χ2v) is 7.13. The van der Waals surface area contributed by atoms with Crippen LogP contribution < -0.4 is 10.2 Å². The van der Waals surface area contributed by atoms with Crippen LogP contribution in [0.5, 0.6) is 0 Å². The fraction of sp³-hybridized carbons (Fsp3) is 0.120. The van der Waals surface area contributed by atoms with Gasteiger partial charge in [0, 0.05) is 23.9 Å². The van der Waals surface area contributed by atoms with Crippen molar-refractivity contribution in [3.63, 3.8) is 0 Å². The summed E-state index contributed by atoms with van der Waals surface area (Å²) >= 11 is 0. The van der Waals surface area contributed by atoms with Gasteiger partial charge in [-0.3, -0.25) is 14.5 Å². The van der Waals surface area contributed by atoms with Gasteiger partial charge in [0.15, 0.2) is 0 Å². The number of fused-ring (bicyclic) bond motifs is 1. The quantitative estimate of drug-likeness (QED) is 0.495. The lowest BCUT2D eigenvalue weighted by Crippen LogP contribution is -2.40. The van der Waals surface area contributed by atoms with Crippen LogP contribution >= 0.6 is 0 Å². The van der Waals surface area contributed by atoms with Gasteiger partial charge in [-0.15, -0.1) is 6.42 Å². The van der Waals surface area contributed by atoms with Crippen molar-refractivity contribution in [1.29, 1.82) is 0 Å². The maximum atomic E-state index is 13.8. The van der Waals surface area contributed by atoms with E-state index in [9.17, 15) is 9.59 Å². The van der Waals surface area contributed by atoms with Crippen LogP contribution in [0.25, 0.3) is 22.4 Å². The van der Waals surface area contributed by atoms with Gasteiger partial charge in [0.1, 0.15) is 6.54 Å². The first-order chi connectivity index (χ1) is 15.5. The fourth-order valence-electron chi connectivity index (χ4n) is 3.43. The highest BCUT2D eigenvalue weighted by atomic mass is 16.5. The molecule has 0 bridgehead atoms. The number of nitrogens with zero attached hydrogens (tertiary/aromatic N) is 3. The summed E-state index contributed by atoms with van der Waals surface area (Å²) < 4.78 is 5.39. The maximum Gasteiger partial charge on any atom is 0.259 e. The number of rotatable bonds is 5. The van der Waals surface area contributed by atoms with E-state index in [4.69, 9.17) is 10.9 Å². The molecule has 2 aromatic heterocycles. The molecule has 1 N–H and O–H groups in total. The molecule has 0 saturated heterocycles. The Balaban J connectivity index is 1.89. The van der Waals surface area contributed by atoms with Crippen LogP contribution in [0.4, 0.5) is 5.69 Å². The number of nitrogens with one attached hydrogen (secondary N) is 1. The molecule has 2 heterocycles. The first kappa shape index (κ1) is 20.8. The third-order valence-corrected chi connectivity index (χ3v) is 5.07. The molecule has 0 saturated carbocycles. The zero-order valence-electron chi connectivity index (χ0n) is 17.6. The Morgan fingerprint density at radius 3 is 2.62 bits per heavy atom. The van der Waals surface area contributed by atoms with Crippen LogP contribution in [0.2, 0.25) is 0 Å². The summed E-state index contributed by atoms with van der Waals surface area (Å²) in [5.41, 5.74) is 3.62. The number of anilines is 1. The lowest BCUT2D eigenvalue weighted by molar-refractivity contribution is -0.119. The van der Waals surface area contributed by atoms with Crippen LogP contribution in [0.3, 0.4) is 0 Å². The molecule has 32 heavy (non-hydrogen) atoms.